The maximum Gasteiger partial charge on any atom is 0.344 e. The van der Waals surface area contributed by atoms with Crippen molar-refractivity contribution in [2.75, 3.05) is 0 Å². The minimum absolute atomic E-state index is 0.00585. The summed E-state index contributed by atoms with van der Waals surface area (Å²) in [6.45, 7) is 7.23. The SMILES string of the molecule is CC(C)[C@@](C)(C#N)NC(=O)[C@H](C)Sc1n[nH]c(=O)n1C1CC1. The molecule has 22 heavy (non-hydrogen) atoms. The molecule has 0 spiro atoms. The molecule has 1 amide bonds. The third-order valence-electron chi connectivity index (χ3n) is 4.01. The molecule has 1 aliphatic rings. The maximum atomic E-state index is 12.3. The number of nitrogens with zero attached hydrogens (tertiary/aromatic N) is 3. The molecule has 0 saturated heterocycles. The molecule has 7 nitrogen and oxygen atoms in total. The normalized spacial score (nSPS) is 18.5. The van der Waals surface area contributed by atoms with Crippen LogP contribution in [0.3, 0.4) is 0 Å². The molecular formula is C14H21N5O2S. The van der Waals surface area contributed by atoms with Crippen molar-refractivity contribution in [3.8, 4) is 6.07 Å². The molecule has 1 saturated carbocycles. The smallest absolute Gasteiger partial charge is 0.337 e. The molecule has 2 N–H and O–H groups in total. The summed E-state index contributed by atoms with van der Waals surface area (Å²) in [5.41, 5.74) is -1.14. The van der Waals surface area contributed by atoms with Gasteiger partial charge in [0, 0.05) is 6.04 Å². The second kappa shape index (κ2) is 6.16. The van der Waals surface area contributed by atoms with E-state index in [1.807, 2.05) is 13.8 Å². The van der Waals surface area contributed by atoms with Crippen molar-refractivity contribution in [1.82, 2.24) is 20.1 Å². The molecule has 2 atom stereocenters. The fourth-order valence-electron chi connectivity index (χ4n) is 1.90. The maximum absolute atomic E-state index is 12.3. The molecule has 0 bridgehead atoms. The minimum atomic E-state index is -0.909. The molecular weight excluding hydrogens is 302 g/mol. The molecule has 0 radical (unpaired) electrons. The van der Waals surface area contributed by atoms with Gasteiger partial charge in [-0.2, -0.15) is 5.26 Å². The summed E-state index contributed by atoms with van der Waals surface area (Å²) in [4.78, 5) is 24.0. The highest BCUT2D eigenvalue weighted by Crippen LogP contribution is 2.36. The first kappa shape index (κ1) is 16.6. The third kappa shape index (κ3) is 3.35. The summed E-state index contributed by atoms with van der Waals surface area (Å²) in [5.74, 6) is -0.241. The monoisotopic (exact) mass is 323 g/mol. The summed E-state index contributed by atoms with van der Waals surface area (Å²) in [7, 11) is 0. The second-order valence-electron chi connectivity index (χ2n) is 6.13. The Hall–Kier alpha value is -1.75. The van der Waals surface area contributed by atoms with Crippen LogP contribution in [0.2, 0.25) is 0 Å². The third-order valence-corrected chi connectivity index (χ3v) is 5.07. The van der Waals surface area contributed by atoms with Crippen molar-refractivity contribution in [2.45, 2.75) is 62.5 Å². The van der Waals surface area contributed by atoms with Gasteiger partial charge in [-0.15, -0.1) is 5.10 Å². The van der Waals surface area contributed by atoms with E-state index in [2.05, 4.69) is 21.6 Å². The number of hydrogen-bond acceptors (Lipinski definition) is 5. The second-order valence-corrected chi connectivity index (χ2v) is 7.44. The van der Waals surface area contributed by atoms with Crippen LogP contribution in [0.5, 0.6) is 0 Å². The van der Waals surface area contributed by atoms with Crippen LogP contribution in [0, 0.1) is 17.2 Å². The van der Waals surface area contributed by atoms with Crippen LogP contribution in [0.4, 0.5) is 0 Å². The van der Waals surface area contributed by atoms with Crippen LogP contribution in [0.1, 0.15) is 46.6 Å². The Morgan fingerprint density at radius 2 is 2.18 bits per heavy atom. The highest BCUT2D eigenvalue weighted by atomic mass is 32.2. The summed E-state index contributed by atoms with van der Waals surface area (Å²) < 4.78 is 1.61. The number of nitriles is 1. The number of aromatic amines is 1. The molecule has 1 aromatic heterocycles. The number of thioether (sulfide) groups is 1. The zero-order chi connectivity index (χ0) is 16.5. The number of carbonyl (C=O) groups excluding carboxylic acids is 1. The van der Waals surface area contributed by atoms with E-state index >= 15 is 0 Å². The van der Waals surface area contributed by atoms with Crippen LogP contribution in [-0.4, -0.2) is 31.5 Å². The largest absolute Gasteiger partial charge is 0.344 e. The van der Waals surface area contributed by atoms with Crippen molar-refractivity contribution in [3.63, 3.8) is 0 Å². The predicted molar refractivity (Wildman–Crippen MR) is 83.4 cm³/mol. The fourth-order valence-corrected chi connectivity index (χ4v) is 2.82. The predicted octanol–water partition coefficient (Wildman–Crippen LogP) is 1.44. The van der Waals surface area contributed by atoms with E-state index < -0.39 is 10.8 Å². The molecule has 0 aliphatic heterocycles. The summed E-state index contributed by atoms with van der Waals surface area (Å²) in [6.07, 6.45) is 1.93. The van der Waals surface area contributed by atoms with E-state index in [1.54, 1.807) is 18.4 Å². The van der Waals surface area contributed by atoms with E-state index in [0.717, 1.165) is 12.8 Å². The van der Waals surface area contributed by atoms with Crippen molar-refractivity contribution in [3.05, 3.63) is 10.5 Å². The molecule has 1 aromatic rings. The van der Waals surface area contributed by atoms with Crippen molar-refractivity contribution in [1.29, 1.82) is 5.26 Å². The van der Waals surface area contributed by atoms with Gasteiger partial charge in [0.05, 0.1) is 11.3 Å². The van der Waals surface area contributed by atoms with Gasteiger partial charge in [-0.3, -0.25) is 9.36 Å². The standard InChI is InChI=1S/C14H21N5O2S/c1-8(2)14(4,7-15)16-11(20)9(3)22-13-18-17-12(21)19(13)10-5-6-10/h8-10H,5-6H2,1-4H3,(H,16,20)(H,17,21)/t9-,14+/m0/s1. The topological polar surface area (TPSA) is 104 Å². The van der Waals surface area contributed by atoms with E-state index in [-0.39, 0.29) is 23.6 Å². The zero-order valence-corrected chi connectivity index (χ0v) is 14.0. The van der Waals surface area contributed by atoms with E-state index in [4.69, 9.17) is 0 Å². The van der Waals surface area contributed by atoms with Gasteiger partial charge in [0.15, 0.2) is 5.16 Å². The lowest BCUT2D eigenvalue weighted by Gasteiger charge is -2.28. The lowest BCUT2D eigenvalue weighted by molar-refractivity contribution is -0.121. The van der Waals surface area contributed by atoms with Crippen LogP contribution < -0.4 is 11.0 Å². The first-order chi connectivity index (χ1) is 10.3. The van der Waals surface area contributed by atoms with E-state index in [9.17, 15) is 14.9 Å². The van der Waals surface area contributed by atoms with Gasteiger partial charge in [-0.05, 0) is 32.6 Å². The van der Waals surface area contributed by atoms with E-state index in [0.29, 0.717) is 5.16 Å². The van der Waals surface area contributed by atoms with Gasteiger partial charge >= 0.3 is 5.69 Å². The quantitative estimate of drug-likeness (QED) is 0.771. The highest BCUT2D eigenvalue weighted by Gasteiger charge is 2.33. The average Bonchev–Trinajstić information content (AvgIpc) is 3.23. The number of amides is 1. The average molecular weight is 323 g/mol. The number of H-pyrrole nitrogens is 1. The molecule has 0 unspecified atom stereocenters. The Kier molecular flexibility index (Phi) is 4.66. The molecule has 1 fully saturated rings. The van der Waals surface area contributed by atoms with Crippen molar-refractivity contribution >= 4 is 17.7 Å². The van der Waals surface area contributed by atoms with Crippen molar-refractivity contribution < 1.29 is 4.79 Å². The van der Waals surface area contributed by atoms with Gasteiger partial charge in [0.1, 0.15) is 5.54 Å². The fraction of sp³-hybridized carbons (Fsp3) is 0.714. The molecule has 120 valence electrons. The first-order valence-electron chi connectivity index (χ1n) is 7.35. The molecule has 1 aliphatic carbocycles. The Morgan fingerprint density at radius 3 is 2.68 bits per heavy atom. The van der Waals surface area contributed by atoms with Gasteiger partial charge in [0.2, 0.25) is 5.91 Å². The first-order valence-corrected chi connectivity index (χ1v) is 8.23. The Bertz CT molecular complexity index is 655. The van der Waals surface area contributed by atoms with E-state index in [1.165, 1.54) is 11.8 Å². The van der Waals surface area contributed by atoms with Gasteiger partial charge in [-0.1, -0.05) is 25.6 Å². The van der Waals surface area contributed by atoms with Crippen LogP contribution in [0.25, 0.3) is 0 Å². The van der Waals surface area contributed by atoms with Crippen molar-refractivity contribution in [2.24, 2.45) is 5.92 Å². The Balaban J connectivity index is 2.06. The number of nitrogens with one attached hydrogen (secondary N) is 2. The van der Waals surface area contributed by atoms with Gasteiger partial charge < -0.3 is 5.32 Å². The number of aromatic nitrogens is 3. The minimum Gasteiger partial charge on any atom is -0.337 e. The van der Waals surface area contributed by atoms with Gasteiger partial charge in [-0.25, -0.2) is 9.89 Å². The summed E-state index contributed by atoms with van der Waals surface area (Å²) >= 11 is 1.23. The lowest BCUT2D eigenvalue weighted by Crippen LogP contribution is -2.51. The number of hydrogen-bond donors (Lipinski definition) is 2. The van der Waals surface area contributed by atoms with Gasteiger partial charge in [0.25, 0.3) is 0 Å². The summed E-state index contributed by atoms with van der Waals surface area (Å²) in [5, 5.41) is 18.6. The molecule has 0 aromatic carbocycles. The van der Waals surface area contributed by atoms with Crippen LogP contribution >= 0.6 is 11.8 Å². The molecule has 8 heteroatoms. The highest BCUT2D eigenvalue weighted by molar-refractivity contribution is 8.00. The van der Waals surface area contributed by atoms with Crippen LogP contribution in [-0.2, 0) is 4.79 Å². The number of rotatable bonds is 6. The molecule has 1 heterocycles. The summed E-state index contributed by atoms with van der Waals surface area (Å²) in [6, 6.07) is 2.35. The Morgan fingerprint density at radius 1 is 1.55 bits per heavy atom. The van der Waals surface area contributed by atoms with Crippen LogP contribution in [0.15, 0.2) is 9.95 Å². The lowest BCUT2D eigenvalue weighted by atomic mass is 9.90. The molecule has 2 rings (SSSR count). The zero-order valence-electron chi connectivity index (χ0n) is 13.2. The number of carbonyl (C=O) groups is 1. The Labute approximate surface area is 133 Å².